The van der Waals surface area contributed by atoms with Crippen molar-refractivity contribution in [1.82, 2.24) is 0 Å². The van der Waals surface area contributed by atoms with Gasteiger partial charge in [0.2, 0.25) is 10.0 Å². The van der Waals surface area contributed by atoms with Crippen molar-refractivity contribution in [3.8, 4) is 5.75 Å². The number of ether oxygens (including phenoxy) is 1. The molecule has 0 fully saturated rings. The minimum atomic E-state index is -3.61. The van der Waals surface area contributed by atoms with Crippen molar-refractivity contribution in [2.75, 3.05) is 22.4 Å². The van der Waals surface area contributed by atoms with Gasteiger partial charge in [-0.1, -0.05) is 17.7 Å². The van der Waals surface area contributed by atoms with Crippen molar-refractivity contribution >= 4 is 38.9 Å². The van der Waals surface area contributed by atoms with Crippen LogP contribution in [0.15, 0.2) is 36.4 Å². The zero-order valence-corrected chi connectivity index (χ0v) is 15.6. The molecule has 6 nitrogen and oxygen atoms in total. The summed E-state index contributed by atoms with van der Waals surface area (Å²) in [4.78, 5) is 12.5. The van der Waals surface area contributed by atoms with E-state index in [0.717, 1.165) is 22.2 Å². The normalized spacial score (nSPS) is 16.6. The van der Waals surface area contributed by atoms with Gasteiger partial charge in [0.05, 0.1) is 23.5 Å². The fourth-order valence-corrected chi connectivity index (χ4v) is 3.70. The van der Waals surface area contributed by atoms with Gasteiger partial charge >= 0.3 is 0 Å². The lowest BCUT2D eigenvalue weighted by Gasteiger charge is -2.34. The molecule has 1 amide bonds. The molecular formula is C17H16ClFN2O4S. The van der Waals surface area contributed by atoms with Crippen LogP contribution in [-0.2, 0) is 14.8 Å². The number of sulfonamides is 1. The molecule has 0 saturated carbocycles. The Morgan fingerprint density at radius 1 is 1.31 bits per heavy atom. The number of anilines is 2. The number of fused-ring (bicyclic) bond motifs is 1. The van der Waals surface area contributed by atoms with Gasteiger partial charge in [-0.2, -0.15) is 0 Å². The van der Waals surface area contributed by atoms with E-state index in [1.54, 1.807) is 18.2 Å². The Kier molecular flexibility index (Phi) is 4.81. The number of halogens is 2. The van der Waals surface area contributed by atoms with Gasteiger partial charge in [0, 0.05) is 5.69 Å². The van der Waals surface area contributed by atoms with Crippen molar-refractivity contribution in [2.24, 2.45) is 0 Å². The smallest absolute Gasteiger partial charge is 0.267 e. The third-order valence-electron chi connectivity index (χ3n) is 3.86. The molecule has 2 aromatic carbocycles. The van der Waals surface area contributed by atoms with Crippen LogP contribution in [0.25, 0.3) is 0 Å². The minimum absolute atomic E-state index is 0.133. The Bertz CT molecular complexity index is 981. The predicted octanol–water partition coefficient (Wildman–Crippen LogP) is 2.95. The fraction of sp³-hybridized carbons (Fsp3) is 0.235. The van der Waals surface area contributed by atoms with Gasteiger partial charge in [-0.3, -0.25) is 9.10 Å². The molecule has 1 heterocycles. The Morgan fingerprint density at radius 3 is 2.69 bits per heavy atom. The molecule has 0 saturated heterocycles. The SMILES string of the molecule is Cc1ccc2c(c1)N(S(C)(=O)=O)CC(C(=O)Nc1ccc(F)c(Cl)c1)O2. The molecule has 26 heavy (non-hydrogen) atoms. The molecule has 2 aromatic rings. The summed E-state index contributed by atoms with van der Waals surface area (Å²) in [6.07, 6.45) is 0.00263. The zero-order valence-electron chi connectivity index (χ0n) is 14.0. The summed E-state index contributed by atoms with van der Waals surface area (Å²) < 4.78 is 44.3. The Balaban J connectivity index is 1.88. The maximum atomic E-state index is 13.2. The lowest BCUT2D eigenvalue weighted by atomic mass is 10.1. The van der Waals surface area contributed by atoms with Crippen LogP contribution < -0.4 is 14.4 Å². The average Bonchev–Trinajstić information content (AvgIpc) is 2.56. The van der Waals surface area contributed by atoms with Gasteiger partial charge in [-0.15, -0.1) is 0 Å². The van der Waals surface area contributed by atoms with Crippen molar-refractivity contribution in [1.29, 1.82) is 0 Å². The number of carbonyl (C=O) groups excluding carboxylic acids is 1. The standard InChI is InChI=1S/C17H16ClFN2O4S/c1-10-3-6-15-14(7-10)21(26(2,23)24)9-16(25-15)17(22)20-11-4-5-13(19)12(18)8-11/h3-8,16H,9H2,1-2H3,(H,20,22). The van der Waals surface area contributed by atoms with Crippen molar-refractivity contribution in [3.05, 3.63) is 52.8 Å². The van der Waals surface area contributed by atoms with E-state index in [1.165, 1.54) is 12.1 Å². The topological polar surface area (TPSA) is 75.7 Å². The first-order chi connectivity index (χ1) is 12.1. The molecule has 1 atom stereocenters. The lowest BCUT2D eigenvalue weighted by molar-refractivity contribution is -0.122. The van der Waals surface area contributed by atoms with Crippen LogP contribution in [0.4, 0.5) is 15.8 Å². The maximum absolute atomic E-state index is 13.2. The molecule has 0 spiro atoms. The molecule has 1 aliphatic rings. The summed E-state index contributed by atoms with van der Waals surface area (Å²) in [5.41, 5.74) is 1.54. The van der Waals surface area contributed by atoms with Gasteiger partial charge < -0.3 is 10.1 Å². The van der Waals surface area contributed by atoms with Crippen molar-refractivity contribution < 1.29 is 22.3 Å². The highest BCUT2D eigenvalue weighted by Gasteiger charge is 2.35. The second-order valence-electron chi connectivity index (χ2n) is 5.99. The molecule has 0 radical (unpaired) electrons. The summed E-state index contributed by atoms with van der Waals surface area (Å²) in [6.45, 7) is 1.66. The van der Waals surface area contributed by atoms with E-state index in [1.807, 2.05) is 6.92 Å². The highest BCUT2D eigenvalue weighted by atomic mass is 35.5. The van der Waals surface area contributed by atoms with Gasteiger partial charge in [0.15, 0.2) is 6.10 Å². The van der Waals surface area contributed by atoms with Crippen LogP contribution in [0.2, 0.25) is 5.02 Å². The molecule has 138 valence electrons. The molecule has 1 unspecified atom stereocenters. The van der Waals surface area contributed by atoms with E-state index in [4.69, 9.17) is 16.3 Å². The molecule has 3 rings (SSSR count). The molecule has 0 aromatic heterocycles. The number of amides is 1. The van der Waals surface area contributed by atoms with E-state index < -0.39 is 27.9 Å². The number of nitrogens with one attached hydrogen (secondary N) is 1. The first-order valence-corrected chi connectivity index (χ1v) is 9.89. The van der Waals surface area contributed by atoms with Crippen LogP contribution in [0, 0.1) is 12.7 Å². The molecule has 1 N–H and O–H groups in total. The third kappa shape index (κ3) is 3.76. The van der Waals surface area contributed by atoms with Crippen molar-refractivity contribution in [3.63, 3.8) is 0 Å². The fourth-order valence-electron chi connectivity index (χ4n) is 2.61. The summed E-state index contributed by atoms with van der Waals surface area (Å²) in [6, 6.07) is 8.82. The highest BCUT2D eigenvalue weighted by Crippen LogP contribution is 2.36. The molecule has 1 aliphatic heterocycles. The largest absolute Gasteiger partial charge is 0.476 e. The monoisotopic (exact) mass is 398 g/mol. The van der Waals surface area contributed by atoms with Gasteiger partial charge in [-0.25, -0.2) is 12.8 Å². The van der Waals surface area contributed by atoms with Crippen molar-refractivity contribution in [2.45, 2.75) is 13.0 Å². The van der Waals surface area contributed by atoms with Crippen LogP contribution in [-0.4, -0.2) is 33.2 Å². The average molecular weight is 399 g/mol. The first kappa shape index (κ1) is 18.5. The van der Waals surface area contributed by atoms with E-state index in [-0.39, 0.29) is 17.3 Å². The number of hydrogen-bond donors (Lipinski definition) is 1. The number of aryl methyl sites for hydroxylation is 1. The highest BCUT2D eigenvalue weighted by molar-refractivity contribution is 7.92. The molecular weight excluding hydrogens is 383 g/mol. The predicted molar refractivity (Wildman–Crippen MR) is 97.8 cm³/mol. The Morgan fingerprint density at radius 2 is 2.04 bits per heavy atom. The molecule has 9 heteroatoms. The minimum Gasteiger partial charge on any atom is -0.476 e. The third-order valence-corrected chi connectivity index (χ3v) is 5.30. The quantitative estimate of drug-likeness (QED) is 0.862. The van der Waals surface area contributed by atoms with Gasteiger partial charge in [0.25, 0.3) is 5.91 Å². The summed E-state index contributed by atoms with van der Waals surface area (Å²) in [5.74, 6) is -0.872. The number of nitrogens with zero attached hydrogens (tertiary/aromatic N) is 1. The van der Waals surface area contributed by atoms with Gasteiger partial charge in [0.1, 0.15) is 11.6 Å². The summed E-state index contributed by atoms with van der Waals surface area (Å²) >= 11 is 5.70. The maximum Gasteiger partial charge on any atom is 0.267 e. The van der Waals surface area contributed by atoms with E-state index in [9.17, 15) is 17.6 Å². The van der Waals surface area contributed by atoms with E-state index in [0.29, 0.717) is 11.4 Å². The number of rotatable bonds is 3. The number of carbonyl (C=O) groups is 1. The lowest BCUT2D eigenvalue weighted by Crippen LogP contribution is -2.48. The summed E-state index contributed by atoms with van der Waals surface area (Å²) in [5, 5.41) is 2.42. The number of hydrogen-bond acceptors (Lipinski definition) is 4. The summed E-state index contributed by atoms with van der Waals surface area (Å²) in [7, 11) is -3.61. The van der Waals surface area contributed by atoms with Crippen LogP contribution in [0.5, 0.6) is 5.75 Å². The Hall–Kier alpha value is -2.32. The van der Waals surface area contributed by atoms with Crippen LogP contribution >= 0.6 is 11.6 Å². The second kappa shape index (κ2) is 6.77. The molecule has 0 bridgehead atoms. The van der Waals surface area contributed by atoms with Gasteiger partial charge in [-0.05, 0) is 42.8 Å². The van der Waals surface area contributed by atoms with Crippen LogP contribution in [0.3, 0.4) is 0 Å². The number of benzene rings is 2. The second-order valence-corrected chi connectivity index (χ2v) is 8.30. The first-order valence-electron chi connectivity index (χ1n) is 7.66. The molecule has 0 aliphatic carbocycles. The van der Waals surface area contributed by atoms with E-state index in [2.05, 4.69) is 5.32 Å². The Labute approximate surface area is 155 Å². The van der Waals surface area contributed by atoms with E-state index >= 15 is 0 Å². The zero-order chi connectivity index (χ0) is 19.1. The van der Waals surface area contributed by atoms with Crippen LogP contribution in [0.1, 0.15) is 5.56 Å².